The number of Topliss-reactive ketones (excluding diaryl/α,β-unsaturated/α-hetero) is 1. The number of ether oxygens (including phenoxy) is 1. The van der Waals surface area contributed by atoms with Crippen LogP contribution in [0.3, 0.4) is 0 Å². The Bertz CT molecular complexity index is 976. The largest absolute Gasteiger partial charge is 0.461 e. The van der Waals surface area contributed by atoms with Gasteiger partial charge < -0.3 is 14.6 Å². The lowest BCUT2D eigenvalue weighted by molar-refractivity contribution is -0.140. The van der Waals surface area contributed by atoms with E-state index >= 15 is 0 Å². The first-order chi connectivity index (χ1) is 14.7. The van der Waals surface area contributed by atoms with E-state index in [2.05, 4.69) is 4.98 Å². The average molecular weight is 429 g/mol. The molecule has 1 aromatic heterocycles. The Kier molecular flexibility index (Phi) is 6.93. The zero-order valence-corrected chi connectivity index (χ0v) is 18.5. The van der Waals surface area contributed by atoms with Crippen molar-refractivity contribution < 1.29 is 23.5 Å². The van der Waals surface area contributed by atoms with Gasteiger partial charge in [0.1, 0.15) is 11.5 Å². The Hall–Kier alpha value is -2.96. The lowest BCUT2D eigenvalue weighted by Crippen LogP contribution is -2.47. The minimum Gasteiger partial charge on any atom is -0.461 e. The molecule has 1 heterocycles. The molecule has 31 heavy (non-hydrogen) atoms. The predicted molar refractivity (Wildman–Crippen MR) is 114 cm³/mol. The van der Waals surface area contributed by atoms with Crippen molar-refractivity contribution in [3.63, 3.8) is 0 Å². The fourth-order valence-electron chi connectivity index (χ4n) is 3.96. The number of aromatic nitrogens is 1. The first-order valence-corrected chi connectivity index (χ1v) is 10.7. The van der Waals surface area contributed by atoms with Gasteiger partial charge in [-0.3, -0.25) is 9.59 Å². The first-order valence-electron chi connectivity index (χ1n) is 10.7. The number of rotatable bonds is 8. The molecule has 0 bridgehead atoms. The van der Waals surface area contributed by atoms with Crippen LogP contribution in [0.15, 0.2) is 24.3 Å². The molecule has 1 N–H and O–H groups in total. The number of hydrogen-bond acceptors (Lipinski definition) is 4. The van der Waals surface area contributed by atoms with Crippen LogP contribution in [0.5, 0.6) is 0 Å². The summed E-state index contributed by atoms with van der Waals surface area (Å²) in [6, 6.07) is 5.21. The van der Waals surface area contributed by atoms with Gasteiger partial charge in [-0.25, -0.2) is 9.18 Å². The van der Waals surface area contributed by atoms with Gasteiger partial charge in [-0.1, -0.05) is 18.6 Å². The van der Waals surface area contributed by atoms with Crippen LogP contribution in [-0.4, -0.2) is 40.2 Å². The summed E-state index contributed by atoms with van der Waals surface area (Å²) < 4.78 is 18.4. The van der Waals surface area contributed by atoms with E-state index in [-0.39, 0.29) is 42.3 Å². The molecule has 0 radical (unpaired) electrons. The van der Waals surface area contributed by atoms with E-state index in [1.165, 1.54) is 12.1 Å². The Morgan fingerprint density at radius 1 is 1.19 bits per heavy atom. The molecule has 1 aliphatic rings. The molecule has 7 heteroatoms. The third-order valence-corrected chi connectivity index (χ3v) is 6.01. The van der Waals surface area contributed by atoms with Gasteiger partial charge in [0.05, 0.1) is 12.6 Å². The number of benzene rings is 1. The summed E-state index contributed by atoms with van der Waals surface area (Å²) in [4.78, 5) is 43.4. The zero-order chi connectivity index (χ0) is 22.7. The fourth-order valence-corrected chi connectivity index (χ4v) is 3.96. The van der Waals surface area contributed by atoms with Gasteiger partial charge in [-0.2, -0.15) is 0 Å². The predicted octanol–water partition coefficient (Wildman–Crippen LogP) is 4.35. The number of aryl methyl sites for hydroxylation is 1. The molecule has 166 valence electrons. The summed E-state index contributed by atoms with van der Waals surface area (Å²) >= 11 is 0. The molecule has 6 nitrogen and oxygen atoms in total. The number of nitrogens with one attached hydrogen (secondary N) is 1. The zero-order valence-electron chi connectivity index (χ0n) is 18.5. The molecule has 0 unspecified atom stereocenters. The minimum absolute atomic E-state index is 0.0621. The molecule has 1 saturated carbocycles. The topological polar surface area (TPSA) is 79.5 Å². The van der Waals surface area contributed by atoms with Gasteiger partial charge in [0.2, 0.25) is 5.91 Å². The first kappa shape index (κ1) is 22.7. The quantitative estimate of drug-likeness (QED) is 0.501. The maximum atomic E-state index is 13.5. The molecule has 1 aliphatic carbocycles. The highest BCUT2D eigenvalue weighted by atomic mass is 19.1. The Morgan fingerprint density at radius 2 is 1.84 bits per heavy atom. The Balaban J connectivity index is 1.90. The lowest BCUT2D eigenvalue weighted by atomic mass is 9.83. The average Bonchev–Trinajstić information content (AvgIpc) is 2.99. The number of halogens is 1. The van der Waals surface area contributed by atoms with Crippen molar-refractivity contribution in [3.8, 4) is 0 Å². The number of H-pyrrole nitrogens is 1. The van der Waals surface area contributed by atoms with E-state index in [0.717, 1.165) is 24.8 Å². The summed E-state index contributed by atoms with van der Waals surface area (Å²) in [7, 11) is 0. The van der Waals surface area contributed by atoms with Crippen LogP contribution in [0.2, 0.25) is 0 Å². The third-order valence-electron chi connectivity index (χ3n) is 6.01. The van der Waals surface area contributed by atoms with E-state index < -0.39 is 12.0 Å². The van der Waals surface area contributed by atoms with Crippen molar-refractivity contribution in [3.05, 3.63) is 58.2 Å². The molecule has 1 fully saturated rings. The number of carbonyl (C=O) groups excluding carboxylic acids is 3. The molecular weight excluding hydrogens is 399 g/mol. The van der Waals surface area contributed by atoms with E-state index in [0.29, 0.717) is 16.8 Å². The highest BCUT2D eigenvalue weighted by molar-refractivity contribution is 6.06. The molecule has 2 aromatic rings. The van der Waals surface area contributed by atoms with Crippen molar-refractivity contribution in [1.29, 1.82) is 0 Å². The second-order valence-corrected chi connectivity index (χ2v) is 8.11. The molecule has 3 rings (SSSR count). The van der Waals surface area contributed by atoms with Crippen LogP contribution >= 0.6 is 0 Å². The Labute approximate surface area is 181 Å². The van der Waals surface area contributed by atoms with Crippen molar-refractivity contribution >= 4 is 17.7 Å². The summed E-state index contributed by atoms with van der Waals surface area (Å²) in [5.41, 5.74) is 2.50. The van der Waals surface area contributed by atoms with Crippen LogP contribution in [0.25, 0.3) is 0 Å². The van der Waals surface area contributed by atoms with E-state index in [4.69, 9.17) is 4.74 Å². The van der Waals surface area contributed by atoms with Crippen LogP contribution in [0.4, 0.5) is 4.39 Å². The van der Waals surface area contributed by atoms with Gasteiger partial charge in [0.15, 0.2) is 5.78 Å². The van der Waals surface area contributed by atoms with Crippen molar-refractivity contribution in [2.75, 3.05) is 6.61 Å². The number of amides is 1. The summed E-state index contributed by atoms with van der Waals surface area (Å²) in [6.07, 6.45) is 2.63. The SMILES string of the molecule is CCOC(=O)c1[nH]c(C)c(C(=O)[C@@H](C)N(Cc2ccc(F)cc2)C(=O)C2CCC2)c1C. The molecular formula is C24H29FN2O4. The standard InChI is InChI=1S/C24H29FN2O4/c1-5-31-24(30)21-14(2)20(15(3)26-21)22(28)16(4)27(23(29)18-7-6-8-18)13-17-9-11-19(25)12-10-17/h9-12,16,18,26H,5-8,13H2,1-4H3/t16-/m1/s1. The van der Waals surface area contributed by atoms with E-state index in [1.54, 1.807) is 44.7 Å². The molecule has 1 amide bonds. The monoisotopic (exact) mass is 428 g/mol. The van der Waals surface area contributed by atoms with E-state index in [9.17, 15) is 18.8 Å². The smallest absolute Gasteiger partial charge is 0.355 e. The molecule has 1 aromatic carbocycles. The number of ketones is 1. The van der Waals surface area contributed by atoms with Crippen LogP contribution in [-0.2, 0) is 16.1 Å². The minimum atomic E-state index is -0.735. The van der Waals surface area contributed by atoms with Gasteiger partial charge in [-0.05, 0) is 63.8 Å². The Morgan fingerprint density at radius 3 is 2.39 bits per heavy atom. The highest BCUT2D eigenvalue weighted by Crippen LogP contribution is 2.31. The second-order valence-electron chi connectivity index (χ2n) is 8.11. The van der Waals surface area contributed by atoms with Crippen molar-refractivity contribution in [2.45, 2.75) is 59.5 Å². The lowest BCUT2D eigenvalue weighted by Gasteiger charge is -2.35. The van der Waals surface area contributed by atoms with Crippen LogP contribution < -0.4 is 0 Å². The highest BCUT2D eigenvalue weighted by Gasteiger charge is 2.36. The number of aromatic amines is 1. The molecule has 0 spiro atoms. The summed E-state index contributed by atoms with van der Waals surface area (Å²) in [6.45, 7) is 7.31. The number of hydrogen-bond donors (Lipinski definition) is 1. The number of carbonyl (C=O) groups is 3. The number of nitrogens with zero attached hydrogens (tertiary/aromatic N) is 1. The van der Waals surface area contributed by atoms with Crippen LogP contribution in [0.1, 0.15) is 70.8 Å². The summed E-state index contributed by atoms with van der Waals surface area (Å²) in [5.74, 6) is -1.25. The van der Waals surface area contributed by atoms with E-state index in [1.807, 2.05) is 0 Å². The van der Waals surface area contributed by atoms with Gasteiger partial charge >= 0.3 is 5.97 Å². The van der Waals surface area contributed by atoms with Crippen molar-refractivity contribution in [2.24, 2.45) is 5.92 Å². The van der Waals surface area contributed by atoms with Gasteiger partial charge in [0.25, 0.3) is 0 Å². The molecule has 0 saturated heterocycles. The molecule has 1 atom stereocenters. The van der Waals surface area contributed by atoms with Gasteiger partial charge in [0, 0.05) is 23.7 Å². The molecule has 0 aliphatic heterocycles. The van der Waals surface area contributed by atoms with Gasteiger partial charge in [-0.15, -0.1) is 0 Å². The second kappa shape index (κ2) is 9.45. The fraction of sp³-hybridized carbons (Fsp3) is 0.458. The third kappa shape index (κ3) is 4.70. The van der Waals surface area contributed by atoms with Crippen molar-refractivity contribution in [1.82, 2.24) is 9.88 Å². The van der Waals surface area contributed by atoms with Crippen LogP contribution in [0, 0.1) is 25.6 Å². The summed E-state index contributed by atoms with van der Waals surface area (Å²) in [5, 5.41) is 0. The maximum absolute atomic E-state index is 13.5. The number of esters is 1. The maximum Gasteiger partial charge on any atom is 0.355 e. The normalized spacial score (nSPS) is 14.6.